The number of nitriles is 1. The summed E-state index contributed by atoms with van der Waals surface area (Å²) < 4.78 is 5.01. The molecule has 8 heteroatoms. The predicted octanol–water partition coefficient (Wildman–Crippen LogP) is 2.10. The van der Waals surface area contributed by atoms with E-state index in [-0.39, 0.29) is 12.3 Å². The molecule has 1 N–H and O–H groups in total. The van der Waals surface area contributed by atoms with Crippen LogP contribution < -0.4 is 5.32 Å². The zero-order chi connectivity index (χ0) is 18.6. The zero-order valence-electron chi connectivity index (χ0n) is 14.3. The molecule has 1 saturated carbocycles. The zero-order valence-corrected chi connectivity index (χ0v) is 15.1. The maximum Gasteiger partial charge on any atom is 0.312 e. The van der Waals surface area contributed by atoms with E-state index in [2.05, 4.69) is 21.4 Å². The Balaban J connectivity index is 1.48. The molecule has 1 atom stereocenters. The standard InChI is InChI=1S/C18H18N4O3S/c1-18(11-19,13-4-5-13)22-15(23)9-25-16(24)7-14-10-26-17(21-14)12-3-2-6-20-8-12/h2-3,6,8,10,13H,4-5,7,9H2,1H3,(H,22,23)/t18-/m0/s1. The van der Waals surface area contributed by atoms with Gasteiger partial charge in [-0.15, -0.1) is 11.3 Å². The molecule has 2 aromatic rings. The molecule has 26 heavy (non-hydrogen) atoms. The van der Waals surface area contributed by atoms with Crippen molar-refractivity contribution in [1.82, 2.24) is 15.3 Å². The average Bonchev–Trinajstić information content (AvgIpc) is 3.41. The normalized spacial score (nSPS) is 15.5. The first-order valence-electron chi connectivity index (χ1n) is 8.23. The topological polar surface area (TPSA) is 105 Å². The number of esters is 1. The first-order chi connectivity index (χ1) is 12.5. The molecule has 1 fully saturated rings. The summed E-state index contributed by atoms with van der Waals surface area (Å²) in [7, 11) is 0. The molecule has 0 unspecified atom stereocenters. The highest BCUT2D eigenvalue weighted by Crippen LogP contribution is 2.39. The van der Waals surface area contributed by atoms with E-state index < -0.39 is 24.0 Å². The van der Waals surface area contributed by atoms with Gasteiger partial charge in [0.15, 0.2) is 6.61 Å². The van der Waals surface area contributed by atoms with E-state index in [1.54, 1.807) is 24.7 Å². The van der Waals surface area contributed by atoms with Gasteiger partial charge in [0.2, 0.25) is 0 Å². The fourth-order valence-corrected chi connectivity index (χ4v) is 3.37. The number of hydrogen-bond acceptors (Lipinski definition) is 7. The van der Waals surface area contributed by atoms with Crippen LogP contribution in [0.4, 0.5) is 0 Å². The summed E-state index contributed by atoms with van der Waals surface area (Å²) in [4.78, 5) is 32.3. The lowest BCUT2D eigenvalue weighted by atomic mass is 9.98. The Morgan fingerprint density at radius 2 is 2.31 bits per heavy atom. The number of thiazole rings is 1. The summed E-state index contributed by atoms with van der Waals surface area (Å²) in [6, 6.07) is 5.84. The molecule has 1 aliphatic carbocycles. The minimum absolute atomic E-state index is 0.0117. The summed E-state index contributed by atoms with van der Waals surface area (Å²) in [5.41, 5.74) is 0.572. The van der Waals surface area contributed by atoms with Crippen LogP contribution in [-0.4, -0.2) is 34.0 Å². The Labute approximate surface area is 155 Å². The van der Waals surface area contributed by atoms with Crippen LogP contribution in [-0.2, 0) is 20.7 Å². The van der Waals surface area contributed by atoms with Crippen LogP contribution in [0, 0.1) is 17.2 Å². The predicted molar refractivity (Wildman–Crippen MR) is 94.9 cm³/mol. The van der Waals surface area contributed by atoms with Crippen LogP contribution in [0.5, 0.6) is 0 Å². The van der Waals surface area contributed by atoms with Crippen LogP contribution in [0.15, 0.2) is 29.9 Å². The van der Waals surface area contributed by atoms with Gasteiger partial charge >= 0.3 is 5.97 Å². The maximum atomic E-state index is 11.9. The minimum atomic E-state index is -0.892. The molecule has 0 radical (unpaired) electrons. The second kappa shape index (κ2) is 7.62. The van der Waals surface area contributed by atoms with Gasteiger partial charge in [0.05, 0.1) is 18.2 Å². The number of rotatable bonds is 7. The number of pyridine rings is 1. The molecule has 7 nitrogen and oxygen atoms in total. The Morgan fingerprint density at radius 3 is 2.96 bits per heavy atom. The van der Waals surface area contributed by atoms with Crippen LogP contribution in [0.1, 0.15) is 25.5 Å². The molecule has 0 bridgehead atoms. The third-order valence-electron chi connectivity index (χ3n) is 4.18. The smallest absolute Gasteiger partial charge is 0.312 e. The highest BCUT2D eigenvalue weighted by atomic mass is 32.1. The SMILES string of the molecule is C[C@@](C#N)(NC(=O)COC(=O)Cc1csc(-c2cccnc2)n1)C1CC1. The fourth-order valence-electron chi connectivity index (χ4n) is 2.56. The van der Waals surface area contributed by atoms with Gasteiger partial charge in [0, 0.05) is 23.3 Å². The van der Waals surface area contributed by atoms with Crippen molar-refractivity contribution >= 4 is 23.2 Å². The maximum absolute atomic E-state index is 11.9. The molecule has 1 amide bonds. The van der Waals surface area contributed by atoms with Crippen molar-refractivity contribution in [2.75, 3.05) is 6.61 Å². The number of aromatic nitrogens is 2. The van der Waals surface area contributed by atoms with Crippen LogP contribution in [0.25, 0.3) is 10.6 Å². The molecule has 0 aromatic carbocycles. The van der Waals surface area contributed by atoms with Crippen LogP contribution >= 0.6 is 11.3 Å². The van der Waals surface area contributed by atoms with Crippen molar-refractivity contribution < 1.29 is 14.3 Å². The molecule has 0 spiro atoms. The number of nitrogens with zero attached hydrogens (tertiary/aromatic N) is 3. The molecular formula is C18H18N4O3S. The van der Waals surface area contributed by atoms with Crippen molar-refractivity contribution in [2.45, 2.75) is 31.7 Å². The van der Waals surface area contributed by atoms with Crippen molar-refractivity contribution in [3.63, 3.8) is 0 Å². The van der Waals surface area contributed by atoms with Gasteiger partial charge in [-0.2, -0.15) is 5.26 Å². The highest BCUT2D eigenvalue weighted by Gasteiger charge is 2.43. The summed E-state index contributed by atoms with van der Waals surface area (Å²) in [6.45, 7) is 1.29. The van der Waals surface area contributed by atoms with E-state index in [1.165, 1.54) is 11.3 Å². The third kappa shape index (κ3) is 4.43. The van der Waals surface area contributed by atoms with Crippen molar-refractivity contribution in [3.8, 4) is 16.6 Å². The van der Waals surface area contributed by atoms with Gasteiger partial charge in [-0.1, -0.05) is 0 Å². The Hall–Kier alpha value is -2.79. The summed E-state index contributed by atoms with van der Waals surface area (Å²) in [6.07, 6.45) is 5.22. The summed E-state index contributed by atoms with van der Waals surface area (Å²) in [5.74, 6) is -0.829. The van der Waals surface area contributed by atoms with E-state index in [1.807, 2.05) is 12.1 Å². The molecule has 2 heterocycles. The van der Waals surface area contributed by atoms with Crippen LogP contribution in [0.3, 0.4) is 0 Å². The number of carbonyl (C=O) groups is 2. The molecular weight excluding hydrogens is 352 g/mol. The van der Waals surface area contributed by atoms with Gasteiger partial charge < -0.3 is 10.1 Å². The first kappa shape index (κ1) is 18.0. The average molecular weight is 370 g/mol. The van der Waals surface area contributed by atoms with Crippen molar-refractivity contribution in [2.24, 2.45) is 5.92 Å². The van der Waals surface area contributed by atoms with Gasteiger partial charge in [-0.05, 0) is 37.8 Å². The summed E-state index contributed by atoms with van der Waals surface area (Å²) >= 11 is 1.42. The largest absolute Gasteiger partial charge is 0.455 e. The molecule has 134 valence electrons. The Morgan fingerprint density at radius 1 is 1.50 bits per heavy atom. The number of ether oxygens (including phenoxy) is 1. The van der Waals surface area contributed by atoms with E-state index in [4.69, 9.17) is 4.74 Å². The van der Waals surface area contributed by atoms with Crippen LogP contribution in [0.2, 0.25) is 0 Å². The second-order valence-electron chi connectivity index (χ2n) is 6.36. The Bertz CT molecular complexity index is 842. The lowest BCUT2D eigenvalue weighted by Crippen LogP contribution is -2.48. The van der Waals surface area contributed by atoms with Crippen molar-refractivity contribution in [1.29, 1.82) is 5.26 Å². The molecule has 2 aromatic heterocycles. The Kier molecular flexibility index (Phi) is 5.28. The summed E-state index contributed by atoms with van der Waals surface area (Å²) in [5, 5.41) is 14.4. The van der Waals surface area contributed by atoms with E-state index in [9.17, 15) is 14.9 Å². The number of amides is 1. The quantitative estimate of drug-likeness (QED) is 0.748. The lowest BCUT2D eigenvalue weighted by Gasteiger charge is -2.22. The number of carbonyl (C=O) groups excluding carboxylic acids is 2. The molecule has 0 saturated heterocycles. The number of nitrogens with one attached hydrogen (secondary N) is 1. The monoisotopic (exact) mass is 370 g/mol. The van der Waals surface area contributed by atoms with Gasteiger partial charge in [-0.25, -0.2) is 4.98 Å². The van der Waals surface area contributed by atoms with E-state index in [0.717, 1.165) is 23.4 Å². The second-order valence-corrected chi connectivity index (χ2v) is 7.22. The highest BCUT2D eigenvalue weighted by molar-refractivity contribution is 7.13. The van der Waals surface area contributed by atoms with Crippen molar-refractivity contribution in [3.05, 3.63) is 35.6 Å². The van der Waals surface area contributed by atoms with E-state index in [0.29, 0.717) is 5.69 Å². The van der Waals surface area contributed by atoms with Gasteiger partial charge in [0.25, 0.3) is 5.91 Å². The first-order valence-corrected chi connectivity index (χ1v) is 9.11. The van der Waals surface area contributed by atoms with E-state index >= 15 is 0 Å². The fraction of sp³-hybridized carbons (Fsp3) is 0.389. The lowest BCUT2D eigenvalue weighted by molar-refractivity contribution is -0.148. The van der Waals surface area contributed by atoms with Gasteiger partial charge in [0.1, 0.15) is 10.5 Å². The number of hydrogen-bond donors (Lipinski definition) is 1. The van der Waals surface area contributed by atoms with Gasteiger partial charge in [-0.3, -0.25) is 14.6 Å². The molecule has 0 aliphatic heterocycles. The minimum Gasteiger partial charge on any atom is -0.455 e. The third-order valence-corrected chi connectivity index (χ3v) is 5.12. The molecule has 1 aliphatic rings. The molecule has 3 rings (SSSR count).